The van der Waals surface area contributed by atoms with E-state index in [0.29, 0.717) is 11.5 Å². The zero-order valence-electron chi connectivity index (χ0n) is 13.9. The van der Waals surface area contributed by atoms with Crippen LogP contribution in [-0.2, 0) is 4.74 Å². The highest BCUT2D eigenvalue weighted by Crippen LogP contribution is 2.47. The summed E-state index contributed by atoms with van der Waals surface area (Å²) in [6.07, 6.45) is 0.124. The number of hydrogen-bond donors (Lipinski definition) is 1. The van der Waals surface area contributed by atoms with Gasteiger partial charge in [0.05, 0.1) is 17.2 Å². The maximum atomic E-state index is 12.6. The highest BCUT2D eigenvalue weighted by molar-refractivity contribution is 5.94. The second kappa shape index (κ2) is 5.45. The number of carbonyl (C=O) groups excluding carboxylic acids is 1. The molecule has 3 heteroatoms. The maximum Gasteiger partial charge on any atom is 0.251 e. The van der Waals surface area contributed by atoms with E-state index < -0.39 is 5.54 Å². The summed E-state index contributed by atoms with van der Waals surface area (Å²) in [6, 6.07) is 9.37. The summed E-state index contributed by atoms with van der Waals surface area (Å²) in [4.78, 5) is 12.6. The third-order valence-corrected chi connectivity index (χ3v) is 5.59. The number of amides is 1. The first kappa shape index (κ1) is 16.0. The molecule has 1 aromatic carbocycles. The van der Waals surface area contributed by atoms with E-state index in [1.54, 1.807) is 0 Å². The van der Waals surface area contributed by atoms with Gasteiger partial charge in [0.25, 0.3) is 5.91 Å². The van der Waals surface area contributed by atoms with Gasteiger partial charge in [-0.3, -0.25) is 4.79 Å². The molecule has 4 atom stereocenters. The molecule has 0 bridgehead atoms. The average molecular weight is 289 g/mol. The molecule has 0 spiro atoms. The quantitative estimate of drug-likeness (QED) is 0.922. The molecule has 1 aromatic rings. The Hall–Kier alpha value is -1.35. The molecular weight excluding hydrogens is 262 g/mol. The zero-order valence-corrected chi connectivity index (χ0v) is 13.9. The van der Waals surface area contributed by atoms with Crippen LogP contribution in [0, 0.1) is 11.8 Å². The highest BCUT2D eigenvalue weighted by Gasteiger charge is 2.59. The minimum atomic E-state index is -0.395. The minimum Gasteiger partial charge on any atom is -0.369 e. The van der Waals surface area contributed by atoms with E-state index in [1.165, 1.54) is 0 Å². The van der Waals surface area contributed by atoms with Gasteiger partial charge in [0.1, 0.15) is 0 Å². The molecule has 0 aromatic heterocycles. The minimum absolute atomic E-state index is 0.0328. The SMILES string of the molecule is CC1O[C@@](C)(C(C)C)[C@@](C)(NC(=O)c2ccccc2)C1C. The standard InChI is InChI=1S/C18H27NO2/c1-12(2)18(6)17(5,13(3)14(4)21-18)19-16(20)15-10-8-7-9-11-15/h7-14H,1-6H3,(H,19,20)/t13?,14?,17-,18-/m0/s1. The summed E-state index contributed by atoms with van der Waals surface area (Å²) >= 11 is 0. The molecule has 0 radical (unpaired) electrons. The van der Waals surface area contributed by atoms with Gasteiger partial charge in [-0.1, -0.05) is 39.0 Å². The van der Waals surface area contributed by atoms with Crippen LogP contribution >= 0.6 is 0 Å². The topological polar surface area (TPSA) is 38.3 Å². The number of benzene rings is 1. The third kappa shape index (κ3) is 2.48. The lowest BCUT2D eigenvalue weighted by Crippen LogP contribution is -2.63. The average Bonchev–Trinajstić information content (AvgIpc) is 2.62. The van der Waals surface area contributed by atoms with Gasteiger partial charge in [0.15, 0.2) is 0 Å². The van der Waals surface area contributed by atoms with Crippen LogP contribution in [0.2, 0.25) is 0 Å². The summed E-state index contributed by atoms with van der Waals surface area (Å²) in [7, 11) is 0. The highest BCUT2D eigenvalue weighted by atomic mass is 16.5. The van der Waals surface area contributed by atoms with Gasteiger partial charge in [0.2, 0.25) is 0 Å². The molecule has 1 aliphatic heterocycles. The Kier molecular flexibility index (Phi) is 4.16. The molecular formula is C18H27NO2. The van der Waals surface area contributed by atoms with Crippen molar-refractivity contribution in [3.05, 3.63) is 35.9 Å². The number of carbonyl (C=O) groups is 1. The summed E-state index contributed by atoms with van der Waals surface area (Å²) < 4.78 is 6.26. The molecule has 0 aliphatic carbocycles. The molecule has 1 amide bonds. The van der Waals surface area contributed by atoms with Crippen molar-refractivity contribution in [2.75, 3.05) is 0 Å². The largest absolute Gasteiger partial charge is 0.369 e. The van der Waals surface area contributed by atoms with E-state index >= 15 is 0 Å². The van der Waals surface area contributed by atoms with E-state index in [4.69, 9.17) is 4.74 Å². The second-order valence-corrected chi connectivity index (χ2v) is 6.90. The van der Waals surface area contributed by atoms with Crippen molar-refractivity contribution in [1.82, 2.24) is 5.32 Å². The monoisotopic (exact) mass is 289 g/mol. The number of rotatable bonds is 3. The molecule has 116 valence electrons. The van der Waals surface area contributed by atoms with Crippen LogP contribution < -0.4 is 5.32 Å². The normalized spacial score (nSPS) is 36.0. The van der Waals surface area contributed by atoms with Gasteiger partial charge in [-0.05, 0) is 38.8 Å². The van der Waals surface area contributed by atoms with Crippen molar-refractivity contribution >= 4 is 5.91 Å². The maximum absolute atomic E-state index is 12.6. The fourth-order valence-corrected chi connectivity index (χ4v) is 3.40. The van der Waals surface area contributed by atoms with Crippen molar-refractivity contribution in [2.45, 2.75) is 58.8 Å². The first-order chi connectivity index (χ1) is 9.72. The van der Waals surface area contributed by atoms with Crippen LogP contribution in [0.1, 0.15) is 51.9 Å². The van der Waals surface area contributed by atoms with Crippen LogP contribution in [0.25, 0.3) is 0 Å². The number of hydrogen-bond acceptors (Lipinski definition) is 2. The first-order valence-corrected chi connectivity index (χ1v) is 7.77. The Morgan fingerprint density at radius 1 is 1.19 bits per heavy atom. The second-order valence-electron chi connectivity index (χ2n) is 6.90. The Morgan fingerprint density at radius 2 is 1.76 bits per heavy atom. The lowest BCUT2D eigenvalue weighted by Gasteiger charge is -2.45. The van der Waals surface area contributed by atoms with Gasteiger partial charge < -0.3 is 10.1 Å². The van der Waals surface area contributed by atoms with Gasteiger partial charge >= 0.3 is 0 Å². The summed E-state index contributed by atoms with van der Waals surface area (Å²) in [5.41, 5.74) is -0.0827. The van der Waals surface area contributed by atoms with Crippen LogP contribution in [0.15, 0.2) is 30.3 Å². The van der Waals surface area contributed by atoms with E-state index in [0.717, 1.165) is 0 Å². The number of ether oxygens (including phenoxy) is 1. The lowest BCUT2D eigenvalue weighted by molar-refractivity contribution is -0.0802. The Bertz CT molecular complexity index is 513. The van der Waals surface area contributed by atoms with Crippen molar-refractivity contribution in [1.29, 1.82) is 0 Å². The molecule has 1 heterocycles. The van der Waals surface area contributed by atoms with Crippen molar-refractivity contribution < 1.29 is 9.53 Å². The summed E-state index contributed by atoms with van der Waals surface area (Å²) in [5.74, 6) is 0.526. The van der Waals surface area contributed by atoms with Gasteiger partial charge in [-0.15, -0.1) is 0 Å². The molecule has 2 rings (SSSR count). The fraction of sp³-hybridized carbons (Fsp3) is 0.611. The Balaban J connectivity index is 2.32. The molecule has 1 fully saturated rings. The van der Waals surface area contributed by atoms with E-state index in [9.17, 15) is 4.79 Å². The van der Waals surface area contributed by atoms with Gasteiger partial charge in [-0.2, -0.15) is 0 Å². The van der Waals surface area contributed by atoms with E-state index in [-0.39, 0.29) is 23.5 Å². The zero-order chi connectivity index (χ0) is 15.8. The Labute approximate surface area is 128 Å². The van der Waals surface area contributed by atoms with E-state index in [1.807, 2.05) is 30.3 Å². The van der Waals surface area contributed by atoms with Crippen molar-refractivity contribution in [2.24, 2.45) is 11.8 Å². The predicted octanol–water partition coefficient (Wildman–Crippen LogP) is 3.64. The molecule has 3 nitrogen and oxygen atoms in total. The third-order valence-electron chi connectivity index (χ3n) is 5.59. The Morgan fingerprint density at radius 3 is 2.29 bits per heavy atom. The molecule has 1 saturated heterocycles. The van der Waals surface area contributed by atoms with Crippen molar-refractivity contribution in [3.63, 3.8) is 0 Å². The smallest absolute Gasteiger partial charge is 0.251 e. The van der Waals surface area contributed by atoms with Gasteiger partial charge in [-0.25, -0.2) is 0 Å². The molecule has 1 aliphatic rings. The van der Waals surface area contributed by atoms with Crippen LogP contribution in [0.5, 0.6) is 0 Å². The van der Waals surface area contributed by atoms with Gasteiger partial charge in [0, 0.05) is 11.5 Å². The lowest BCUT2D eigenvalue weighted by atomic mass is 9.70. The molecule has 1 N–H and O–H groups in total. The first-order valence-electron chi connectivity index (χ1n) is 7.77. The molecule has 21 heavy (non-hydrogen) atoms. The van der Waals surface area contributed by atoms with Crippen LogP contribution in [-0.4, -0.2) is 23.2 Å². The number of nitrogens with one attached hydrogen (secondary N) is 1. The van der Waals surface area contributed by atoms with E-state index in [2.05, 4.69) is 46.9 Å². The summed E-state index contributed by atoms with van der Waals surface area (Å²) in [6.45, 7) is 12.8. The van der Waals surface area contributed by atoms with Crippen LogP contribution in [0.4, 0.5) is 0 Å². The molecule has 0 saturated carbocycles. The predicted molar refractivity (Wildman–Crippen MR) is 85.3 cm³/mol. The fourth-order valence-electron chi connectivity index (χ4n) is 3.40. The van der Waals surface area contributed by atoms with Crippen LogP contribution in [0.3, 0.4) is 0 Å². The van der Waals surface area contributed by atoms with Crippen molar-refractivity contribution in [3.8, 4) is 0 Å². The molecule has 2 unspecified atom stereocenters. The summed E-state index contributed by atoms with van der Waals surface area (Å²) in [5, 5.41) is 3.26.